The minimum absolute atomic E-state index is 0.498. The summed E-state index contributed by atoms with van der Waals surface area (Å²) >= 11 is 4.05. The van der Waals surface area contributed by atoms with Gasteiger partial charge in [0.2, 0.25) is 0 Å². The van der Waals surface area contributed by atoms with Gasteiger partial charge in [0.25, 0.3) is 0 Å². The molecule has 2 aliphatic rings. The van der Waals surface area contributed by atoms with Gasteiger partial charge < -0.3 is 15.7 Å². The van der Waals surface area contributed by atoms with Crippen molar-refractivity contribution in [2.75, 3.05) is 42.6 Å². The third-order valence-corrected chi connectivity index (χ3v) is 5.47. The van der Waals surface area contributed by atoms with Crippen LogP contribution in [0.25, 0.3) is 0 Å². The number of thioether (sulfide) groups is 2. The lowest BCUT2D eigenvalue weighted by atomic mass is 10.0. The molecule has 0 aromatic rings. The Hall–Kier alpha value is 0.580. The first-order chi connectivity index (χ1) is 7.29. The zero-order valence-electron chi connectivity index (χ0n) is 9.00. The number of rotatable bonds is 3. The molecule has 2 saturated heterocycles. The maximum atomic E-state index is 10.2. The standard InChI is InChI=1S/C10H20N2OS2/c13-10(1-2-11-7-10)8-12-9-5-14-3-4-15-6-9/h9,11-13H,1-8H2. The van der Waals surface area contributed by atoms with Crippen LogP contribution in [-0.2, 0) is 0 Å². The Bertz CT molecular complexity index is 190. The highest BCUT2D eigenvalue weighted by atomic mass is 32.2. The Kier molecular flexibility index (Phi) is 4.64. The van der Waals surface area contributed by atoms with E-state index in [0.717, 1.165) is 26.1 Å². The van der Waals surface area contributed by atoms with Crippen molar-refractivity contribution in [3.05, 3.63) is 0 Å². The molecule has 2 heterocycles. The van der Waals surface area contributed by atoms with Gasteiger partial charge in [-0.25, -0.2) is 0 Å². The maximum Gasteiger partial charge on any atom is 0.0907 e. The van der Waals surface area contributed by atoms with Gasteiger partial charge in [0.15, 0.2) is 0 Å². The largest absolute Gasteiger partial charge is 0.387 e. The van der Waals surface area contributed by atoms with E-state index in [4.69, 9.17) is 0 Å². The Balaban J connectivity index is 1.71. The van der Waals surface area contributed by atoms with E-state index in [2.05, 4.69) is 10.6 Å². The van der Waals surface area contributed by atoms with E-state index in [1.165, 1.54) is 23.0 Å². The molecule has 0 saturated carbocycles. The minimum atomic E-state index is -0.498. The van der Waals surface area contributed by atoms with Gasteiger partial charge in [-0.15, -0.1) is 0 Å². The van der Waals surface area contributed by atoms with Gasteiger partial charge in [0.1, 0.15) is 0 Å². The van der Waals surface area contributed by atoms with Gasteiger partial charge in [-0.05, 0) is 13.0 Å². The molecule has 3 nitrogen and oxygen atoms in total. The van der Waals surface area contributed by atoms with Crippen LogP contribution in [0.1, 0.15) is 6.42 Å². The smallest absolute Gasteiger partial charge is 0.0907 e. The summed E-state index contributed by atoms with van der Waals surface area (Å²) in [5.74, 6) is 4.93. The summed E-state index contributed by atoms with van der Waals surface area (Å²) in [6, 6.07) is 0.576. The lowest BCUT2D eigenvalue weighted by Gasteiger charge is -2.25. The molecular formula is C10H20N2OS2. The van der Waals surface area contributed by atoms with Gasteiger partial charge in [0, 0.05) is 42.1 Å². The van der Waals surface area contributed by atoms with Crippen molar-refractivity contribution in [1.29, 1.82) is 0 Å². The normalized spacial score (nSPS) is 34.2. The van der Waals surface area contributed by atoms with Crippen LogP contribution in [-0.4, -0.2) is 59.4 Å². The summed E-state index contributed by atoms with van der Waals surface area (Å²) in [5.41, 5.74) is -0.498. The summed E-state index contributed by atoms with van der Waals surface area (Å²) in [7, 11) is 0. The fourth-order valence-corrected chi connectivity index (χ4v) is 4.42. The Morgan fingerprint density at radius 3 is 2.67 bits per heavy atom. The average Bonchev–Trinajstić information content (AvgIpc) is 2.53. The summed E-state index contributed by atoms with van der Waals surface area (Å²) in [4.78, 5) is 0. The molecule has 5 heteroatoms. The van der Waals surface area contributed by atoms with E-state index < -0.39 is 5.60 Å². The zero-order valence-corrected chi connectivity index (χ0v) is 10.6. The van der Waals surface area contributed by atoms with Gasteiger partial charge >= 0.3 is 0 Å². The molecule has 2 fully saturated rings. The molecule has 0 aromatic heterocycles. The van der Waals surface area contributed by atoms with E-state index in [0.29, 0.717) is 6.04 Å². The molecule has 1 atom stereocenters. The Morgan fingerprint density at radius 2 is 2.07 bits per heavy atom. The van der Waals surface area contributed by atoms with Crippen LogP contribution in [0.5, 0.6) is 0 Å². The van der Waals surface area contributed by atoms with E-state index in [9.17, 15) is 5.11 Å². The SMILES string of the molecule is OC1(CNC2CSCCSC2)CCNC1. The van der Waals surface area contributed by atoms with Crippen LogP contribution in [0, 0.1) is 0 Å². The summed E-state index contributed by atoms with van der Waals surface area (Å²) in [6.07, 6.45) is 0.882. The topological polar surface area (TPSA) is 44.3 Å². The van der Waals surface area contributed by atoms with Crippen LogP contribution in [0.2, 0.25) is 0 Å². The molecule has 1 unspecified atom stereocenters. The second kappa shape index (κ2) is 5.77. The highest BCUT2D eigenvalue weighted by Gasteiger charge is 2.31. The molecule has 2 rings (SSSR count). The van der Waals surface area contributed by atoms with E-state index >= 15 is 0 Å². The molecule has 0 aliphatic carbocycles. The van der Waals surface area contributed by atoms with Crippen molar-refractivity contribution < 1.29 is 5.11 Å². The van der Waals surface area contributed by atoms with Gasteiger partial charge in [0.05, 0.1) is 5.60 Å². The Morgan fingerprint density at radius 1 is 1.33 bits per heavy atom. The maximum absolute atomic E-state index is 10.2. The summed E-state index contributed by atoms with van der Waals surface area (Å²) < 4.78 is 0. The van der Waals surface area contributed by atoms with Crippen molar-refractivity contribution in [1.82, 2.24) is 10.6 Å². The second-order valence-corrected chi connectivity index (χ2v) is 6.68. The minimum Gasteiger partial charge on any atom is -0.387 e. The number of nitrogens with one attached hydrogen (secondary N) is 2. The van der Waals surface area contributed by atoms with Gasteiger partial charge in [-0.3, -0.25) is 0 Å². The first kappa shape index (κ1) is 12.0. The van der Waals surface area contributed by atoms with Crippen molar-refractivity contribution in [3.8, 4) is 0 Å². The van der Waals surface area contributed by atoms with Crippen LogP contribution in [0.15, 0.2) is 0 Å². The highest BCUT2D eigenvalue weighted by Crippen LogP contribution is 2.18. The number of aliphatic hydroxyl groups is 1. The molecule has 2 aliphatic heterocycles. The van der Waals surface area contributed by atoms with Gasteiger partial charge in [-0.2, -0.15) is 23.5 Å². The molecule has 0 amide bonds. The van der Waals surface area contributed by atoms with Crippen LogP contribution in [0.4, 0.5) is 0 Å². The predicted octanol–water partition coefficient (Wildman–Crippen LogP) is 0.149. The van der Waals surface area contributed by atoms with Crippen molar-refractivity contribution in [2.24, 2.45) is 0 Å². The Labute approximate surface area is 100 Å². The number of β-amino-alcohol motifs (C(OH)–C–C–N with tert-alkyl or cyclic N) is 1. The third-order valence-electron chi connectivity index (χ3n) is 2.95. The molecule has 0 bridgehead atoms. The molecular weight excluding hydrogens is 228 g/mol. The molecule has 3 N–H and O–H groups in total. The van der Waals surface area contributed by atoms with Gasteiger partial charge in [-0.1, -0.05) is 0 Å². The third kappa shape index (κ3) is 3.82. The van der Waals surface area contributed by atoms with Crippen molar-refractivity contribution in [2.45, 2.75) is 18.1 Å². The van der Waals surface area contributed by atoms with Crippen LogP contribution in [0.3, 0.4) is 0 Å². The van der Waals surface area contributed by atoms with E-state index in [1.54, 1.807) is 0 Å². The van der Waals surface area contributed by atoms with Crippen molar-refractivity contribution in [3.63, 3.8) is 0 Å². The molecule has 0 aromatic carbocycles. The molecule has 88 valence electrons. The average molecular weight is 248 g/mol. The second-order valence-electron chi connectivity index (χ2n) is 4.38. The fraction of sp³-hybridized carbons (Fsp3) is 1.00. The van der Waals surface area contributed by atoms with E-state index in [1.807, 2.05) is 23.5 Å². The molecule has 15 heavy (non-hydrogen) atoms. The summed E-state index contributed by atoms with van der Waals surface area (Å²) in [5, 5.41) is 16.9. The van der Waals surface area contributed by atoms with Crippen LogP contribution >= 0.6 is 23.5 Å². The lowest BCUT2D eigenvalue weighted by Crippen LogP contribution is -2.47. The van der Waals surface area contributed by atoms with E-state index in [-0.39, 0.29) is 0 Å². The fourth-order valence-electron chi connectivity index (χ4n) is 1.95. The lowest BCUT2D eigenvalue weighted by molar-refractivity contribution is 0.0595. The highest BCUT2D eigenvalue weighted by molar-refractivity contribution is 8.03. The van der Waals surface area contributed by atoms with Crippen LogP contribution < -0.4 is 10.6 Å². The van der Waals surface area contributed by atoms with Crippen molar-refractivity contribution >= 4 is 23.5 Å². The first-order valence-electron chi connectivity index (χ1n) is 5.60. The quantitative estimate of drug-likeness (QED) is 0.663. The first-order valence-corrected chi connectivity index (χ1v) is 7.91. The predicted molar refractivity (Wildman–Crippen MR) is 68.9 cm³/mol. The number of hydrogen-bond acceptors (Lipinski definition) is 5. The summed E-state index contributed by atoms with van der Waals surface area (Å²) in [6.45, 7) is 2.44. The monoisotopic (exact) mass is 248 g/mol. The molecule has 0 radical (unpaired) electrons. The molecule has 0 spiro atoms. The zero-order chi connectivity index (χ0) is 10.6. The number of hydrogen-bond donors (Lipinski definition) is 3.